The lowest BCUT2D eigenvalue weighted by Gasteiger charge is -2.10. The zero-order valence-electron chi connectivity index (χ0n) is 13.5. The van der Waals surface area contributed by atoms with E-state index in [2.05, 4.69) is 43.5 Å². The van der Waals surface area contributed by atoms with Crippen molar-refractivity contribution >= 4 is 17.3 Å². The lowest BCUT2D eigenvalue weighted by Crippen LogP contribution is -2.21. The van der Waals surface area contributed by atoms with E-state index < -0.39 is 0 Å². The summed E-state index contributed by atoms with van der Waals surface area (Å²) in [6.45, 7) is 6.71. The van der Waals surface area contributed by atoms with E-state index in [0.29, 0.717) is 5.92 Å². The molecule has 2 aromatic rings. The van der Waals surface area contributed by atoms with Crippen LogP contribution < -0.4 is 10.6 Å². The third kappa shape index (κ3) is 4.62. The monoisotopic (exact) mass is 296 g/mol. The fourth-order valence-electron chi connectivity index (χ4n) is 2.20. The van der Waals surface area contributed by atoms with Gasteiger partial charge in [-0.25, -0.2) is 0 Å². The van der Waals surface area contributed by atoms with Gasteiger partial charge in [0.15, 0.2) is 0 Å². The summed E-state index contributed by atoms with van der Waals surface area (Å²) in [5, 5.41) is 6.03. The van der Waals surface area contributed by atoms with E-state index in [1.165, 1.54) is 11.1 Å². The molecule has 116 valence electrons. The molecule has 0 radical (unpaired) electrons. The molecule has 3 heteroatoms. The number of aryl methyl sites for hydroxylation is 1. The number of hydrogen-bond acceptors (Lipinski definition) is 2. The van der Waals surface area contributed by atoms with Crippen molar-refractivity contribution in [3.8, 4) is 0 Å². The summed E-state index contributed by atoms with van der Waals surface area (Å²) in [5.74, 6) is 0.473. The molecule has 2 rings (SSSR count). The molecule has 0 saturated heterocycles. The molecule has 0 unspecified atom stereocenters. The maximum atomic E-state index is 11.9. The van der Waals surface area contributed by atoms with E-state index in [1.54, 1.807) is 0 Å². The topological polar surface area (TPSA) is 41.1 Å². The van der Waals surface area contributed by atoms with E-state index in [1.807, 2.05) is 36.4 Å². The molecule has 1 amide bonds. The van der Waals surface area contributed by atoms with Crippen molar-refractivity contribution in [1.29, 1.82) is 0 Å². The first kappa shape index (κ1) is 16.1. The van der Waals surface area contributed by atoms with Crippen LogP contribution in [0.2, 0.25) is 0 Å². The van der Waals surface area contributed by atoms with Crippen molar-refractivity contribution in [2.24, 2.45) is 0 Å². The van der Waals surface area contributed by atoms with Crippen LogP contribution in [0.25, 0.3) is 0 Å². The summed E-state index contributed by atoms with van der Waals surface area (Å²) in [5.41, 5.74) is 4.35. The Kier molecular flexibility index (Phi) is 5.59. The van der Waals surface area contributed by atoms with Crippen LogP contribution in [-0.4, -0.2) is 12.5 Å². The molecule has 0 aliphatic rings. The van der Waals surface area contributed by atoms with E-state index in [4.69, 9.17) is 0 Å². The second kappa shape index (κ2) is 7.64. The van der Waals surface area contributed by atoms with Crippen LogP contribution >= 0.6 is 0 Å². The van der Waals surface area contributed by atoms with Crippen LogP contribution in [0.5, 0.6) is 0 Å². The van der Waals surface area contributed by atoms with E-state index in [-0.39, 0.29) is 12.5 Å². The van der Waals surface area contributed by atoms with Gasteiger partial charge in [-0.3, -0.25) is 4.79 Å². The average Bonchev–Trinajstić information content (AvgIpc) is 2.54. The van der Waals surface area contributed by atoms with Gasteiger partial charge in [-0.2, -0.15) is 0 Å². The first-order valence-corrected chi connectivity index (χ1v) is 7.81. The Morgan fingerprint density at radius 1 is 0.955 bits per heavy atom. The largest absolute Gasteiger partial charge is 0.376 e. The van der Waals surface area contributed by atoms with Crippen molar-refractivity contribution in [2.45, 2.75) is 33.1 Å². The molecule has 22 heavy (non-hydrogen) atoms. The van der Waals surface area contributed by atoms with Gasteiger partial charge in [-0.05, 0) is 47.7 Å². The van der Waals surface area contributed by atoms with Gasteiger partial charge in [0.25, 0.3) is 0 Å². The minimum Gasteiger partial charge on any atom is -0.376 e. The quantitative estimate of drug-likeness (QED) is 0.828. The smallest absolute Gasteiger partial charge is 0.243 e. The Hall–Kier alpha value is -2.29. The molecule has 0 saturated carbocycles. The van der Waals surface area contributed by atoms with Crippen molar-refractivity contribution in [1.82, 2.24) is 0 Å². The van der Waals surface area contributed by atoms with Gasteiger partial charge >= 0.3 is 0 Å². The predicted molar refractivity (Wildman–Crippen MR) is 93.5 cm³/mol. The standard InChI is InChI=1S/C19H24N2O/c1-4-15-5-9-18(10-6-15)21-19(22)13-20-17-11-7-16(8-12-17)14(2)3/h5-12,14,20H,4,13H2,1-3H3,(H,21,22). The van der Waals surface area contributed by atoms with E-state index in [9.17, 15) is 4.79 Å². The van der Waals surface area contributed by atoms with Gasteiger partial charge in [0.1, 0.15) is 0 Å². The molecule has 0 aliphatic heterocycles. The van der Waals surface area contributed by atoms with Gasteiger partial charge in [0.2, 0.25) is 5.91 Å². The lowest BCUT2D eigenvalue weighted by molar-refractivity contribution is -0.114. The Labute approximate surface area is 132 Å². The molecular weight excluding hydrogens is 272 g/mol. The normalized spacial score (nSPS) is 10.5. The molecule has 0 spiro atoms. The highest BCUT2D eigenvalue weighted by Gasteiger charge is 2.03. The van der Waals surface area contributed by atoms with E-state index >= 15 is 0 Å². The number of anilines is 2. The first-order chi connectivity index (χ1) is 10.6. The number of hydrogen-bond donors (Lipinski definition) is 2. The molecule has 0 aromatic heterocycles. The Balaban J connectivity index is 1.84. The molecule has 2 aromatic carbocycles. The predicted octanol–water partition coefficient (Wildman–Crippen LogP) is 4.42. The number of amides is 1. The first-order valence-electron chi connectivity index (χ1n) is 7.81. The van der Waals surface area contributed by atoms with Crippen LogP contribution in [0, 0.1) is 0 Å². The van der Waals surface area contributed by atoms with Crippen molar-refractivity contribution in [3.05, 3.63) is 59.7 Å². The minimum absolute atomic E-state index is 0.0443. The van der Waals surface area contributed by atoms with Gasteiger partial charge in [0.05, 0.1) is 6.54 Å². The molecule has 0 aliphatic carbocycles. The van der Waals surface area contributed by atoms with Crippen LogP contribution in [0.1, 0.15) is 37.8 Å². The average molecular weight is 296 g/mol. The number of rotatable bonds is 6. The maximum absolute atomic E-state index is 11.9. The molecule has 2 N–H and O–H groups in total. The summed E-state index contributed by atoms with van der Waals surface area (Å²) >= 11 is 0. The van der Waals surface area contributed by atoms with Crippen molar-refractivity contribution in [2.75, 3.05) is 17.2 Å². The molecule has 0 atom stereocenters. The molecule has 0 heterocycles. The van der Waals surface area contributed by atoms with Crippen molar-refractivity contribution < 1.29 is 4.79 Å². The third-order valence-corrected chi connectivity index (χ3v) is 3.68. The lowest BCUT2D eigenvalue weighted by atomic mass is 10.0. The fraction of sp³-hybridized carbons (Fsp3) is 0.316. The van der Waals surface area contributed by atoms with Crippen LogP contribution in [0.15, 0.2) is 48.5 Å². The van der Waals surface area contributed by atoms with Gasteiger partial charge in [0, 0.05) is 11.4 Å². The Bertz CT molecular complexity index is 600. The molecule has 3 nitrogen and oxygen atoms in total. The second-order valence-corrected chi connectivity index (χ2v) is 5.73. The summed E-state index contributed by atoms with van der Waals surface area (Å²) in [6, 6.07) is 16.2. The summed E-state index contributed by atoms with van der Waals surface area (Å²) in [7, 11) is 0. The third-order valence-electron chi connectivity index (χ3n) is 3.68. The fourth-order valence-corrected chi connectivity index (χ4v) is 2.20. The van der Waals surface area contributed by atoms with Crippen LogP contribution in [0.4, 0.5) is 11.4 Å². The highest BCUT2D eigenvalue weighted by Crippen LogP contribution is 2.17. The van der Waals surface area contributed by atoms with Crippen LogP contribution in [0.3, 0.4) is 0 Å². The van der Waals surface area contributed by atoms with Gasteiger partial charge < -0.3 is 10.6 Å². The Morgan fingerprint density at radius 2 is 1.55 bits per heavy atom. The number of carbonyl (C=O) groups excluding carboxylic acids is 1. The van der Waals surface area contributed by atoms with Crippen LogP contribution in [-0.2, 0) is 11.2 Å². The summed E-state index contributed by atoms with van der Waals surface area (Å²) in [6.07, 6.45) is 1.00. The summed E-state index contributed by atoms with van der Waals surface area (Å²) < 4.78 is 0. The summed E-state index contributed by atoms with van der Waals surface area (Å²) in [4.78, 5) is 11.9. The molecule has 0 fully saturated rings. The number of carbonyl (C=O) groups is 1. The SMILES string of the molecule is CCc1ccc(NC(=O)CNc2ccc(C(C)C)cc2)cc1. The zero-order chi connectivity index (χ0) is 15.9. The second-order valence-electron chi connectivity index (χ2n) is 5.73. The van der Waals surface area contributed by atoms with Crippen molar-refractivity contribution in [3.63, 3.8) is 0 Å². The minimum atomic E-state index is -0.0443. The zero-order valence-corrected chi connectivity index (χ0v) is 13.5. The number of benzene rings is 2. The highest BCUT2D eigenvalue weighted by atomic mass is 16.1. The number of nitrogens with one attached hydrogen (secondary N) is 2. The van der Waals surface area contributed by atoms with Gasteiger partial charge in [-0.15, -0.1) is 0 Å². The molecule has 0 bridgehead atoms. The molecular formula is C19H24N2O. The highest BCUT2D eigenvalue weighted by molar-refractivity contribution is 5.93. The maximum Gasteiger partial charge on any atom is 0.243 e. The Morgan fingerprint density at radius 3 is 2.09 bits per heavy atom. The van der Waals surface area contributed by atoms with E-state index in [0.717, 1.165) is 17.8 Å². The van der Waals surface area contributed by atoms with Gasteiger partial charge in [-0.1, -0.05) is 45.0 Å².